The molecule has 1 aromatic heterocycles. The molecule has 0 unspecified atom stereocenters. The van der Waals surface area contributed by atoms with E-state index in [1.54, 1.807) is 17.9 Å². The summed E-state index contributed by atoms with van der Waals surface area (Å²) in [6.07, 6.45) is 3.96. The Labute approximate surface area is 157 Å². The maximum Gasteiger partial charge on any atom is 0.409 e. The summed E-state index contributed by atoms with van der Waals surface area (Å²) < 4.78 is 18.3. The lowest BCUT2D eigenvalue weighted by Crippen LogP contribution is -2.48. The molecule has 0 radical (unpaired) electrons. The fourth-order valence-corrected chi connectivity index (χ4v) is 3.34. The first-order chi connectivity index (χ1) is 13.1. The van der Waals surface area contributed by atoms with E-state index in [4.69, 9.17) is 10.5 Å². The van der Waals surface area contributed by atoms with Gasteiger partial charge in [0.1, 0.15) is 5.82 Å². The topological polar surface area (TPSA) is 95.7 Å². The minimum Gasteiger partial charge on any atom is -0.450 e. The largest absolute Gasteiger partial charge is 0.450 e. The van der Waals surface area contributed by atoms with Crippen LogP contribution in [-0.4, -0.2) is 54.2 Å². The number of H-pyrrole nitrogens is 1. The number of piperidine rings is 1. The van der Waals surface area contributed by atoms with E-state index < -0.39 is 0 Å². The number of halogens is 1. The number of likely N-dealkylation sites (tertiary alicyclic amines) is 1. The zero-order valence-electron chi connectivity index (χ0n) is 15.5. The van der Waals surface area contributed by atoms with Crippen molar-refractivity contribution in [1.82, 2.24) is 15.2 Å². The molecule has 2 aromatic rings. The minimum absolute atomic E-state index is 0.204. The number of carbonyl (C=O) groups is 1. The molecule has 0 atom stereocenters. The monoisotopic (exact) mass is 375 g/mol. The van der Waals surface area contributed by atoms with Crippen LogP contribution in [0, 0.1) is 5.82 Å². The Morgan fingerprint density at radius 3 is 2.96 bits per heavy atom. The van der Waals surface area contributed by atoms with E-state index in [2.05, 4.69) is 15.3 Å². The first kappa shape index (κ1) is 19.0. The molecule has 0 aliphatic carbocycles. The van der Waals surface area contributed by atoms with E-state index in [-0.39, 0.29) is 18.0 Å². The third-order valence-electron chi connectivity index (χ3n) is 4.77. The van der Waals surface area contributed by atoms with Crippen molar-refractivity contribution in [3.8, 4) is 0 Å². The summed E-state index contributed by atoms with van der Waals surface area (Å²) >= 11 is 0. The number of aromatic amines is 1. The van der Waals surface area contributed by atoms with Crippen molar-refractivity contribution < 1.29 is 13.9 Å². The van der Waals surface area contributed by atoms with Crippen LogP contribution in [0.1, 0.15) is 25.3 Å². The zero-order valence-corrected chi connectivity index (χ0v) is 15.5. The minimum atomic E-state index is -0.254. The summed E-state index contributed by atoms with van der Waals surface area (Å²) in [5.41, 5.74) is 7.87. The van der Waals surface area contributed by atoms with Gasteiger partial charge >= 0.3 is 6.09 Å². The molecular weight excluding hydrogens is 349 g/mol. The molecule has 27 heavy (non-hydrogen) atoms. The average Bonchev–Trinajstić information content (AvgIpc) is 3.04. The lowest BCUT2D eigenvalue weighted by atomic mass is 10.1. The number of guanidine groups is 1. The normalized spacial score (nSPS) is 15.9. The number of rotatable bonds is 5. The van der Waals surface area contributed by atoms with E-state index in [9.17, 15) is 9.18 Å². The number of aromatic nitrogens is 1. The number of hydrogen-bond donors (Lipinski definition) is 3. The highest BCUT2D eigenvalue weighted by molar-refractivity contribution is 5.83. The van der Waals surface area contributed by atoms with Gasteiger partial charge in [-0.25, -0.2) is 9.18 Å². The van der Waals surface area contributed by atoms with Gasteiger partial charge in [0.05, 0.1) is 6.61 Å². The number of carbonyl (C=O) groups excluding carboxylic acids is 1. The van der Waals surface area contributed by atoms with Crippen molar-refractivity contribution in [1.29, 1.82) is 0 Å². The van der Waals surface area contributed by atoms with E-state index in [0.717, 1.165) is 35.7 Å². The zero-order chi connectivity index (χ0) is 19.2. The van der Waals surface area contributed by atoms with Crippen molar-refractivity contribution in [2.45, 2.75) is 32.2 Å². The number of nitrogens with zero attached hydrogens (tertiary/aromatic N) is 2. The van der Waals surface area contributed by atoms with Crippen LogP contribution in [0.4, 0.5) is 9.18 Å². The standard InChI is InChI=1S/C19H26FN5O2/c1-2-27-19(26)25-9-6-15(7-10-25)24-18(21)22-8-5-13-12-23-17-11-14(20)3-4-16(13)17/h3-4,11-12,15,23H,2,5-10H2,1H3,(H3,21,22,24). The Morgan fingerprint density at radius 1 is 1.44 bits per heavy atom. The quantitative estimate of drug-likeness (QED) is 0.552. The Hall–Kier alpha value is -2.77. The van der Waals surface area contributed by atoms with Crippen LogP contribution in [-0.2, 0) is 11.2 Å². The summed E-state index contributed by atoms with van der Waals surface area (Å²) in [6, 6.07) is 4.93. The van der Waals surface area contributed by atoms with Crippen LogP contribution in [0.3, 0.4) is 0 Å². The maximum atomic E-state index is 13.2. The molecular formula is C19H26FN5O2. The summed E-state index contributed by atoms with van der Waals surface area (Å²) in [7, 11) is 0. The van der Waals surface area contributed by atoms with E-state index in [1.165, 1.54) is 12.1 Å². The molecule has 1 aromatic carbocycles. The molecule has 0 saturated carbocycles. The van der Waals surface area contributed by atoms with E-state index in [0.29, 0.717) is 32.2 Å². The fourth-order valence-electron chi connectivity index (χ4n) is 3.34. The van der Waals surface area contributed by atoms with Gasteiger partial charge in [-0.05, 0) is 49.9 Å². The van der Waals surface area contributed by atoms with Crippen LogP contribution in [0.15, 0.2) is 29.4 Å². The third kappa shape index (κ3) is 4.90. The summed E-state index contributed by atoms with van der Waals surface area (Å²) in [6.45, 7) is 4.04. The first-order valence-corrected chi connectivity index (χ1v) is 9.30. The second kappa shape index (κ2) is 8.75. The van der Waals surface area contributed by atoms with Gasteiger partial charge in [0.2, 0.25) is 0 Å². The molecule has 1 aliphatic rings. The number of hydrogen-bond acceptors (Lipinski definition) is 3. The van der Waals surface area contributed by atoms with Gasteiger partial charge in [-0.3, -0.25) is 4.99 Å². The highest BCUT2D eigenvalue weighted by atomic mass is 19.1. The summed E-state index contributed by atoms with van der Waals surface area (Å²) in [4.78, 5) is 20.9. The summed E-state index contributed by atoms with van der Waals surface area (Å²) in [5, 5.41) is 4.23. The summed E-state index contributed by atoms with van der Waals surface area (Å²) in [5.74, 6) is 0.159. The van der Waals surface area contributed by atoms with Crippen molar-refractivity contribution >= 4 is 23.0 Å². The number of aliphatic imine (C=N–C) groups is 1. The van der Waals surface area contributed by atoms with Crippen molar-refractivity contribution in [2.24, 2.45) is 10.7 Å². The van der Waals surface area contributed by atoms with Gasteiger partial charge < -0.3 is 25.7 Å². The van der Waals surface area contributed by atoms with Gasteiger partial charge in [-0.1, -0.05) is 0 Å². The molecule has 1 fully saturated rings. The number of amides is 1. The van der Waals surface area contributed by atoms with Gasteiger partial charge in [0.25, 0.3) is 0 Å². The lowest BCUT2D eigenvalue weighted by molar-refractivity contribution is 0.0963. The lowest BCUT2D eigenvalue weighted by Gasteiger charge is -2.31. The van der Waals surface area contributed by atoms with E-state index >= 15 is 0 Å². The molecule has 7 nitrogen and oxygen atoms in total. The van der Waals surface area contributed by atoms with Gasteiger partial charge in [0, 0.05) is 42.8 Å². The highest BCUT2D eigenvalue weighted by Crippen LogP contribution is 2.19. The van der Waals surface area contributed by atoms with Crippen LogP contribution < -0.4 is 11.1 Å². The second-order valence-corrected chi connectivity index (χ2v) is 6.63. The predicted octanol–water partition coefficient (Wildman–Crippen LogP) is 2.37. The molecule has 1 aliphatic heterocycles. The Balaban J connectivity index is 1.45. The number of benzene rings is 1. The Bertz CT molecular complexity index is 812. The highest BCUT2D eigenvalue weighted by Gasteiger charge is 2.23. The molecule has 1 amide bonds. The Morgan fingerprint density at radius 2 is 2.22 bits per heavy atom. The molecule has 4 N–H and O–H groups in total. The third-order valence-corrected chi connectivity index (χ3v) is 4.77. The molecule has 2 heterocycles. The SMILES string of the molecule is CCOC(=O)N1CCC(NC(N)=NCCc2c[nH]c3cc(F)ccc23)CC1. The number of fused-ring (bicyclic) bond motifs is 1. The molecule has 3 rings (SSSR count). The second-order valence-electron chi connectivity index (χ2n) is 6.63. The predicted molar refractivity (Wildman–Crippen MR) is 103 cm³/mol. The maximum absolute atomic E-state index is 13.2. The average molecular weight is 375 g/mol. The molecule has 0 spiro atoms. The number of nitrogens with two attached hydrogens (primary N) is 1. The van der Waals surface area contributed by atoms with Crippen LogP contribution in [0.5, 0.6) is 0 Å². The van der Waals surface area contributed by atoms with Crippen molar-refractivity contribution in [2.75, 3.05) is 26.2 Å². The van der Waals surface area contributed by atoms with Gasteiger partial charge in [-0.2, -0.15) is 0 Å². The van der Waals surface area contributed by atoms with Gasteiger partial charge in [-0.15, -0.1) is 0 Å². The fraction of sp³-hybridized carbons (Fsp3) is 0.474. The number of ether oxygens (including phenoxy) is 1. The van der Waals surface area contributed by atoms with Crippen LogP contribution in [0.25, 0.3) is 10.9 Å². The van der Waals surface area contributed by atoms with Crippen LogP contribution >= 0.6 is 0 Å². The van der Waals surface area contributed by atoms with Crippen molar-refractivity contribution in [3.63, 3.8) is 0 Å². The molecule has 1 saturated heterocycles. The smallest absolute Gasteiger partial charge is 0.409 e. The van der Waals surface area contributed by atoms with E-state index in [1.807, 2.05) is 6.20 Å². The van der Waals surface area contributed by atoms with Crippen molar-refractivity contribution in [3.05, 3.63) is 35.8 Å². The number of nitrogens with one attached hydrogen (secondary N) is 2. The first-order valence-electron chi connectivity index (χ1n) is 9.30. The van der Waals surface area contributed by atoms with Crippen LogP contribution in [0.2, 0.25) is 0 Å². The molecule has 8 heteroatoms. The van der Waals surface area contributed by atoms with Gasteiger partial charge in [0.15, 0.2) is 5.96 Å². The Kier molecular flexibility index (Phi) is 6.16. The molecule has 0 bridgehead atoms. The molecule has 146 valence electrons.